The standard InChI is InChI=1S/C24H25F2N5O2/c1-30-6-5-13(7-23(30)33)15-10-21(32)16(9-17(15)25)19-11-28-22(12-27-19)31(2)20-8-14-3-4-18(29-14)24(20)26/h5-7,9-12,14,18,20,24,29,32H,3-4,8H2,1-2H3/t14?,18?,20-,24+/m0/s1. The molecule has 5 rings (SSSR count). The number of aromatic nitrogens is 3. The number of phenols is 1. The zero-order valence-electron chi connectivity index (χ0n) is 18.4. The second-order valence-electron chi connectivity index (χ2n) is 8.88. The van der Waals surface area contributed by atoms with Crippen molar-refractivity contribution in [3.63, 3.8) is 0 Å². The van der Waals surface area contributed by atoms with E-state index in [9.17, 15) is 18.7 Å². The number of halogens is 2. The van der Waals surface area contributed by atoms with Crippen LogP contribution in [-0.4, -0.2) is 51.0 Å². The monoisotopic (exact) mass is 453 g/mol. The van der Waals surface area contributed by atoms with E-state index in [1.54, 1.807) is 19.3 Å². The third-order valence-corrected chi connectivity index (χ3v) is 6.83. The van der Waals surface area contributed by atoms with Crippen LogP contribution in [0, 0.1) is 5.82 Å². The van der Waals surface area contributed by atoms with Crippen molar-refractivity contribution < 1.29 is 13.9 Å². The number of aryl methyl sites for hydroxylation is 1. The maximum atomic E-state index is 14.9. The Kier molecular flexibility index (Phi) is 5.36. The van der Waals surface area contributed by atoms with Gasteiger partial charge in [-0.15, -0.1) is 0 Å². The number of pyridine rings is 1. The molecule has 2 saturated heterocycles. The molecule has 3 aromatic rings. The molecule has 1 aromatic carbocycles. The Labute approximate surface area is 189 Å². The van der Waals surface area contributed by atoms with Gasteiger partial charge >= 0.3 is 0 Å². The van der Waals surface area contributed by atoms with Gasteiger partial charge in [0.15, 0.2) is 0 Å². The van der Waals surface area contributed by atoms with E-state index >= 15 is 0 Å². The Bertz CT molecular complexity index is 1250. The maximum absolute atomic E-state index is 14.9. The molecule has 2 bridgehead atoms. The lowest BCUT2D eigenvalue weighted by Gasteiger charge is -2.38. The minimum Gasteiger partial charge on any atom is -0.507 e. The number of benzene rings is 1. The first-order chi connectivity index (χ1) is 15.8. The lowest BCUT2D eigenvalue weighted by atomic mass is 9.96. The number of anilines is 1. The van der Waals surface area contributed by atoms with Crippen molar-refractivity contribution in [2.24, 2.45) is 7.05 Å². The van der Waals surface area contributed by atoms with Gasteiger partial charge < -0.3 is 19.9 Å². The van der Waals surface area contributed by atoms with Gasteiger partial charge in [-0.25, -0.2) is 13.8 Å². The van der Waals surface area contributed by atoms with Crippen LogP contribution in [0.4, 0.5) is 14.6 Å². The fourth-order valence-corrected chi connectivity index (χ4v) is 4.87. The summed E-state index contributed by atoms with van der Waals surface area (Å²) in [7, 11) is 3.41. The van der Waals surface area contributed by atoms with Crippen LogP contribution in [0.2, 0.25) is 0 Å². The number of nitrogens with one attached hydrogen (secondary N) is 1. The molecule has 9 heteroatoms. The molecular weight excluding hydrogens is 428 g/mol. The second-order valence-corrected chi connectivity index (χ2v) is 8.88. The first kappa shape index (κ1) is 21.5. The number of phenolic OH excluding ortho intramolecular Hbond substituents is 1. The summed E-state index contributed by atoms with van der Waals surface area (Å²) in [5.41, 5.74) is 0.689. The number of piperidine rings is 1. The zero-order chi connectivity index (χ0) is 23.3. The molecule has 2 unspecified atom stereocenters. The van der Waals surface area contributed by atoms with Crippen LogP contribution < -0.4 is 15.8 Å². The Hall–Kier alpha value is -3.33. The lowest BCUT2D eigenvalue weighted by molar-refractivity contribution is 0.176. The molecule has 2 fully saturated rings. The van der Waals surface area contributed by atoms with E-state index in [4.69, 9.17) is 0 Å². The Morgan fingerprint density at radius 1 is 1.18 bits per heavy atom. The number of alkyl halides is 1. The molecule has 0 saturated carbocycles. The van der Waals surface area contributed by atoms with E-state index in [1.165, 1.54) is 35.2 Å². The van der Waals surface area contributed by atoms with E-state index in [0.717, 1.165) is 12.8 Å². The maximum Gasteiger partial charge on any atom is 0.250 e. The van der Waals surface area contributed by atoms with E-state index in [-0.39, 0.29) is 34.5 Å². The largest absolute Gasteiger partial charge is 0.507 e. The van der Waals surface area contributed by atoms with Gasteiger partial charge in [-0.3, -0.25) is 9.78 Å². The van der Waals surface area contributed by atoms with Crippen LogP contribution in [0.5, 0.6) is 5.75 Å². The molecule has 0 radical (unpaired) electrons. The van der Waals surface area contributed by atoms with Crippen LogP contribution in [0.1, 0.15) is 19.3 Å². The van der Waals surface area contributed by atoms with Crippen molar-refractivity contribution >= 4 is 5.82 Å². The molecule has 2 aromatic heterocycles. The quantitative estimate of drug-likeness (QED) is 0.632. The van der Waals surface area contributed by atoms with Gasteiger partial charge in [0, 0.05) is 49.6 Å². The first-order valence-corrected chi connectivity index (χ1v) is 11.0. The Balaban J connectivity index is 1.40. The van der Waals surface area contributed by atoms with Gasteiger partial charge in [-0.1, -0.05) is 0 Å². The molecule has 0 amide bonds. The number of fused-ring (bicyclic) bond motifs is 2. The van der Waals surface area contributed by atoms with Crippen LogP contribution in [0.25, 0.3) is 22.4 Å². The summed E-state index contributed by atoms with van der Waals surface area (Å²) in [5, 5.41) is 13.9. The molecule has 2 aliphatic rings. The SMILES string of the molecule is CN(c1cnc(-c2cc(F)c(-c3ccn(C)c(=O)c3)cc2O)cn1)[C@H]1CC2CCC(N2)[C@H]1F. The summed E-state index contributed by atoms with van der Waals surface area (Å²) in [6.07, 6.45) is 6.04. The van der Waals surface area contributed by atoms with Gasteiger partial charge in [-0.05, 0) is 43.0 Å². The van der Waals surface area contributed by atoms with Crippen molar-refractivity contribution in [3.05, 3.63) is 59.0 Å². The predicted octanol–water partition coefficient (Wildman–Crippen LogP) is 3.02. The first-order valence-electron chi connectivity index (χ1n) is 11.0. The highest BCUT2D eigenvalue weighted by Crippen LogP contribution is 2.36. The number of hydrogen-bond acceptors (Lipinski definition) is 6. The van der Waals surface area contributed by atoms with Gasteiger partial charge in [0.2, 0.25) is 0 Å². The third kappa shape index (κ3) is 3.86. The van der Waals surface area contributed by atoms with E-state index in [0.29, 0.717) is 29.5 Å². The van der Waals surface area contributed by atoms with Crippen LogP contribution in [0.15, 0.2) is 47.7 Å². The molecule has 0 aliphatic carbocycles. The van der Waals surface area contributed by atoms with Gasteiger partial charge in [0.1, 0.15) is 23.6 Å². The summed E-state index contributed by atoms with van der Waals surface area (Å²) in [6, 6.07) is 5.29. The van der Waals surface area contributed by atoms with E-state index < -0.39 is 12.0 Å². The molecule has 2 N–H and O–H groups in total. The predicted molar refractivity (Wildman–Crippen MR) is 121 cm³/mol. The lowest BCUT2D eigenvalue weighted by Crippen LogP contribution is -2.55. The highest BCUT2D eigenvalue weighted by Gasteiger charge is 2.43. The Morgan fingerprint density at radius 3 is 2.73 bits per heavy atom. The second kappa shape index (κ2) is 8.22. The topological polar surface area (TPSA) is 83.3 Å². The minimum absolute atomic E-state index is 0.118. The van der Waals surface area contributed by atoms with Gasteiger partial charge in [0.05, 0.1) is 24.1 Å². The van der Waals surface area contributed by atoms with Crippen LogP contribution >= 0.6 is 0 Å². The third-order valence-electron chi connectivity index (χ3n) is 6.83. The summed E-state index contributed by atoms with van der Waals surface area (Å²) >= 11 is 0. The van der Waals surface area contributed by atoms with Crippen molar-refractivity contribution in [2.75, 3.05) is 11.9 Å². The summed E-state index contributed by atoms with van der Waals surface area (Å²) < 4.78 is 31.2. The van der Waals surface area contributed by atoms with Gasteiger partial charge in [0.25, 0.3) is 5.56 Å². The normalized spacial score (nSPS) is 24.1. The molecule has 33 heavy (non-hydrogen) atoms. The fraction of sp³-hybridized carbons (Fsp3) is 0.375. The van der Waals surface area contributed by atoms with Crippen molar-refractivity contribution in [3.8, 4) is 28.1 Å². The van der Waals surface area contributed by atoms with E-state index in [1.807, 2.05) is 11.9 Å². The molecule has 7 nitrogen and oxygen atoms in total. The van der Waals surface area contributed by atoms with Crippen molar-refractivity contribution in [2.45, 2.75) is 43.6 Å². The number of rotatable bonds is 4. The summed E-state index contributed by atoms with van der Waals surface area (Å²) in [6.45, 7) is 0. The molecule has 0 spiro atoms. The minimum atomic E-state index is -0.990. The zero-order valence-corrected chi connectivity index (χ0v) is 18.4. The smallest absolute Gasteiger partial charge is 0.250 e. The highest BCUT2D eigenvalue weighted by molar-refractivity contribution is 5.74. The molecule has 4 heterocycles. The highest BCUT2D eigenvalue weighted by atomic mass is 19.1. The summed E-state index contributed by atoms with van der Waals surface area (Å²) in [5.74, 6) is -0.254. The number of aromatic hydroxyl groups is 1. The Morgan fingerprint density at radius 2 is 2.00 bits per heavy atom. The summed E-state index contributed by atoms with van der Waals surface area (Å²) in [4.78, 5) is 22.5. The molecular formula is C24H25F2N5O2. The fourth-order valence-electron chi connectivity index (χ4n) is 4.87. The van der Waals surface area contributed by atoms with Crippen molar-refractivity contribution in [1.29, 1.82) is 0 Å². The average molecular weight is 453 g/mol. The average Bonchev–Trinajstić information content (AvgIpc) is 3.22. The molecule has 4 atom stereocenters. The van der Waals surface area contributed by atoms with Crippen molar-refractivity contribution in [1.82, 2.24) is 19.9 Å². The number of nitrogens with zero attached hydrogens (tertiary/aromatic N) is 4. The molecule has 172 valence electrons. The van der Waals surface area contributed by atoms with Crippen LogP contribution in [0.3, 0.4) is 0 Å². The van der Waals surface area contributed by atoms with E-state index in [2.05, 4.69) is 15.3 Å². The van der Waals surface area contributed by atoms with Crippen LogP contribution in [-0.2, 0) is 7.05 Å². The molecule has 2 aliphatic heterocycles. The van der Waals surface area contributed by atoms with Gasteiger partial charge in [-0.2, -0.15) is 0 Å². The number of hydrogen-bond donors (Lipinski definition) is 2.